The van der Waals surface area contributed by atoms with Gasteiger partial charge in [-0.3, -0.25) is 10.1 Å². The van der Waals surface area contributed by atoms with Crippen LogP contribution in [0.2, 0.25) is 0 Å². The number of benzene rings is 1. The first-order valence-electron chi connectivity index (χ1n) is 9.14. The van der Waals surface area contributed by atoms with Crippen molar-refractivity contribution in [1.29, 1.82) is 0 Å². The van der Waals surface area contributed by atoms with Gasteiger partial charge < -0.3 is 18.8 Å². The summed E-state index contributed by atoms with van der Waals surface area (Å²) < 4.78 is 16.2. The Hall–Kier alpha value is -3.86. The van der Waals surface area contributed by atoms with Crippen LogP contribution in [0.25, 0.3) is 11.5 Å². The summed E-state index contributed by atoms with van der Waals surface area (Å²) >= 11 is 0. The molecule has 11 nitrogen and oxygen atoms in total. The van der Waals surface area contributed by atoms with Gasteiger partial charge in [-0.25, -0.2) is 9.78 Å². The van der Waals surface area contributed by atoms with Gasteiger partial charge in [-0.15, -0.1) is 10.2 Å². The molecular weight excluding hydrogens is 394 g/mol. The number of nitro groups is 1. The molecule has 11 heteroatoms. The molecule has 154 valence electrons. The normalized spacial score (nSPS) is 13.8. The maximum atomic E-state index is 12.6. The number of carbonyl (C=O) groups excluding carboxylic acids is 1. The predicted molar refractivity (Wildman–Crippen MR) is 103 cm³/mol. The predicted octanol–water partition coefficient (Wildman–Crippen LogP) is 2.23. The molecule has 2 aromatic heterocycles. The van der Waals surface area contributed by atoms with E-state index in [1.807, 2.05) is 4.90 Å². The standard InChI is InChI=1S/C19H17N5O6/c25-19(15-2-1-7-20-17(15)23-8-10-28-11-9-23)29-12-16-21-22-18(30-16)13-3-5-14(6-4-13)24(26)27/h1-7H,8-12H2. The zero-order chi connectivity index (χ0) is 20.9. The van der Waals surface area contributed by atoms with Crippen LogP contribution in [0.1, 0.15) is 16.2 Å². The molecule has 0 spiro atoms. The van der Waals surface area contributed by atoms with Gasteiger partial charge in [0.1, 0.15) is 11.4 Å². The fraction of sp³-hybridized carbons (Fsp3) is 0.263. The lowest BCUT2D eigenvalue weighted by atomic mass is 10.2. The molecule has 0 unspecified atom stereocenters. The summed E-state index contributed by atoms with van der Waals surface area (Å²) in [6.07, 6.45) is 1.62. The fourth-order valence-electron chi connectivity index (χ4n) is 2.94. The number of esters is 1. The van der Waals surface area contributed by atoms with Gasteiger partial charge in [-0.2, -0.15) is 0 Å². The summed E-state index contributed by atoms with van der Waals surface area (Å²) in [4.78, 5) is 29.1. The highest BCUT2D eigenvalue weighted by Crippen LogP contribution is 2.22. The summed E-state index contributed by atoms with van der Waals surface area (Å²) in [5, 5.41) is 18.5. The van der Waals surface area contributed by atoms with Gasteiger partial charge in [0.15, 0.2) is 6.61 Å². The Bertz CT molecular complexity index is 1050. The summed E-state index contributed by atoms with van der Waals surface area (Å²) in [5.74, 6) is 0.266. The molecule has 0 bridgehead atoms. The number of pyridine rings is 1. The van der Waals surface area contributed by atoms with E-state index in [1.165, 1.54) is 24.3 Å². The number of nitro benzene ring substituents is 1. The molecule has 1 saturated heterocycles. The topological polar surface area (TPSA) is 134 Å². The van der Waals surface area contributed by atoms with Crippen LogP contribution in [0.4, 0.5) is 11.5 Å². The van der Waals surface area contributed by atoms with E-state index in [0.717, 1.165) is 0 Å². The van der Waals surface area contributed by atoms with Crippen LogP contribution >= 0.6 is 0 Å². The number of morpholine rings is 1. The van der Waals surface area contributed by atoms with Crippen LogP contribution in [0.15, 0.2) is 47.0 Å². The molecule has 0 N–H and O–H groups in total. The van der Waals surface area contributed by atoms with E-state index in [2.05, 4.69) is 15.2 Å². The lowest BCUT2D eigenvalue weighted by molar-refractivity contribution is -0.384. The molecule has 0 saturated carbocycles. The molecule has 1 aliphatic rings. The molecule has 1 aromatic carbocycles. The van der Waals surface area contributed by atoms with Crippen molar-refractivity contribution >= 4 is 17.5 Å². The molecule has 30 heavy (non-hydrogen) atoms. The van der Waals surface area contributed by atoms with Crippen LogP contribution < -0.4 is 4.90 Å². The number of aromatic nitrogens is 3. The monoisotopic (exact) mass is 411 g/mol. The van der Waals surface area contributed by atoms with Crippen LogP contribution in [0.3, 0.4) is 0 Å². The van der Waals surface area contributed by atoms with Crippen molar-refractivity contribution in [3.05, 3.63) is 64.2 Å². The van der Waals surface area contributed by atoms with Crippen LogP contribution in [0, 0.1) is 10.1 Å². The number of rotatable bonds is 6. The van der Waals surface area contributed by atoms with Crippen molar-refractivity contribution in [3.8, 4) is 11.5 Å². The van der Waals surface area contributed by atoms with Gasteiger partial charge in [0.2, 0.25) is 5.89 Å². The molecule has 0 aliphatic carbocycles. The lowest BCUT2D eigenvalue weighted by Gasteiger charge is -2.28. The second-order valence-electron chi connectivity index (χ2n) is 6.36. The maximum Gasteiger partial charge on any atom is 0.342 e. The minimum Gasteiger partial charge on any atom is -0.452 e. The van der Waals surface area contributed by atoms with E-state index in [4.69, 9.17) is 13.9 Å². The van der Waals surface area contributed by atoms with Gasteiger partial charge in [-0.05, 0) is 24.3 Å². The van der Waals surface area contributed by atoms with E-state index in [-0.39, 0.29) is 24.1 Å². The lowest BCUT2D eigenvalue weighted by Crippen LogP contribution is -2.37. The molecule has 3 heterocycles. The van der Waals surface area contributed by atoms with Crippen LogP contribution in [0.5, 0.6) is 0 Å². The van der Waals surface area contributed by atoms with Crippen molar-refractivity contribution < 1.29 is 23.6 Å². The first-order valence-corrected chi connectivity index (χ1v) is 9.14. The summed E-state index contributed by atoms with van der Waals surface area (Å²) in [6.45, 7) is 2.20. The Morgan fingerprint density at radius 3 is 2.67 bits per heavy atom. The first-order chi connectivity index (χ1) is 14.6. The largest absolute Gasteiger partial charge is 0.452 e. The van der Waals surface area contributed by atoms with Crippen molar-refractivity contribution in [2.24, 2.45) is 0 Å². The Morgan fingerprint density at radius 1 is 1.17 bits per heavy atom. The van der Waals surface area contributed by atoms with Gasteiger partial charge in [-0.1, -0.05) is 0 Å². The van der Waals surface area contributed by atoms with Crippen molar-refractivity contribution in [2.45, 2.75) is 6.61 Å². The van der Waals surface area contributed by atoms with Gasteiger partial charge >= 0.3 is 5.97 Å². The Morgan fingerprint density at radius 2 is 1.93 bits per heavy atom. The van der Waals surface area contributed by atoms with E-state index in [0.29, 0.717) is 43.2 Å². The SMILES string of the molecule is O=C(OCc1nnc(-c2ccc([N+](=O)[O-])cc2)o1)c1cccnc1N1CCOCC1. The molecule has 0 radical (unpaired) electrons. The third-order valence-electron chi connectivity index (χ3n) is 4.44. The van der Waals surface area contributed by atoms with Crippen LogP contribution in [-0.4, -0.2) is 52.4 Å². The molecule has 1 fully saturated rings. The Kier molecular flexibility index (Phi) is 5.61. The quantitative estimate of drug-likeness (QED) is 0.338. The highest BCUT2D eigenvalue weighted by atomic mass is 16.6. The first kappa shape index (κ1) is 19.5. The van der Waals surface area contributed by atoms with E-state index >= 15 is 0 Å². The zero-order valence-corrected chi connectivity index (χ0v) is 15.8. The third kappa shape index (κ3) is 4.25. The number of hydrogen-bond acceptors (Lipinski definition) is 10. The van der Waals surface area contributed by atoms with Crippen molar-refractivity contribution in [2.75, 3.05) is 31.2 Å². The number of anilines is 1. The number of hydrogen-bond donors (Lipinski definition) is 0. The molecule has 0 atom stereocenters. The van der Waals surface area contributed by atoms with Gasteiger partial charge in [0.05, 0.1) is 18.1 Å². The third-order valence-corrected chi connectivity index (χ3v) is 4.44. The second-order valence-corrected chi connectivity index (χ2v) is 6.36. The van der Waals surface area contributed by atoms with E-state index in [1.54, 1.807) is 18.3 Å². The number of carbonyl (C=O) groups is 1. The average molecular weight is 411 g/mol. The minimum atomic E-state index is -0.556. The summed E-state index contributed by atoms with van der Waals surface area (Å²) in [6, 6.07) is 9.01. The summed E-state index contributed by atoms with van der Waals surface area (Å²) in [5.41, 5.74) is 0.821. The van der Waals surface area contributed by atoms with Crippen molar-refractivity contribution in [3.63, 3.8) is 0 Å². The van der Waals surface area contributed by atoms with E-state index < -0.39 is 10.9 Å². The Balaban J connectivity index is 1.42. The fourth-order valence-corrected chi connectivity index (χ4v) is 2.94. The van der Waals surface area contributed by atoms with Gasteiger partial charge in [0, 0.05) is 37.0 Å². The van der Waals surface area contributed by atoms with E-state index in [9.17, 15) is 14.9 Å². The molecule has 4 rings (SSSR count). The zero-order valence-electron chi connectivity index (χ0n) is 15.8. The Labute approximate surface area is 170 Å². The average Bonchev–Trinajstić information content (AvgIpc) is 3.27. The number of ether oxygens (including phenoxy) is 2. The summed E-state index contributed by atoms with van der Waals surface area (Å²) in [7, 11) is 0. The molecule has 0 amide bonds. The van der Waals surface area contributed by atoms with Crippen molar-refractivity contribution in [1.82, 2.24) is 15.2 Å². The maximum absolute atomic E-state index is 12.6. The molecule has 1 aliphatic heterocycles. The van der Waals surface area contributed by atoms with Gasteiger partial charge in [0.25, 0.3) is 11.6 Å². The number of non-ortho nitro benzene ring substituents is 1. The minimum absolute atomic E-state index is 0.0417. The highest BCUT2D eigenvalue weighted by Gasteiger charge is 2.21. The molecule has 3 aromatic rings. The molecular formula is C19H17N5O6. The second kappa shape index (κ2) is 8.66. The van der Waals surface area contributed by atoms with Crippen LogP contribution in [-0.2, 0) is 16.1 Å². The smallest absolute Gasteiger partial charge is 0.342 e. The number of nitrogens with zero attached hydrogens (tertiary/aromatic N) is 5. The highest BCUT2D eigenvalue weighted by molar-refractivity contribution is 5.94.